The van der Waals surface area contributed by atoms with Crippen LogP contribution in [0, 0.1) is 6.92 Å². The molecule has 0 unspecified atom stereocenters. The molecule has 0 radical (unpaired) electrons. The van der Waals surface area contributed by atoms with Gasteiger partial charge in [0.05, 0.1) is 6.26 Å². The molecule has 0 fully saturated rings. The van der Waals surface area contributed by atoms with Crippen LogP contribution in [0.2, 0.25) is 0 Å². The first-order valence-electron chi connectivity index (χ1n) is 4.27. The molecule has 0 spiro atoms. The fourth-order valence-electron chi connectivity index (χ4n) is 1.24. The smallest absolute Gasteiger partial charge is 0.264 e. The normalized spacial score (nSPS) is 12.4. The summed E-state index contributed by atoms with van der Waals surface area (Å²) in [6, 6.07) is 4.09. The molecule has 3 nitrogen and oxygen atoms in total. The summed E-state index contributed by atoms with van der Waals surface area (Å²) in [7, 11) is -3.34. The zero-order valence-corrected chi connectivity index (χ0v) is 10.8. The van der Waals surface area contributed by atoms with E-state index in [4.69, 9.17) is 4.18 Å². The van der Waals surface area contributed by atoms with Crippen LogP contribution in [0.15, 0.2) is 12.1 Å². The minimum Gasteiger partial charge on any atom is -0.265 e. The van der Waals surface area contributed by atoms with Crippen molar-refractivity contribution in [2.75, 3.05) is 6.26 Å². The third-order valence-electron chi connectivity index (χ3n) is 1.80. The minimum atomic E-state index is -3.34. The first-order chi connectivity index (χ1) is 6.94. The van der Waals surface area contributed by atoms with Crippen molar-refractivity contribution in [2.45, 2.75) is 13.5 Å². The lowest BCUT2D eigenvalue weighted by molar-refractivity contribution is 0.315. The maximum atomic E-state index is 10.8. The second kappa shape index (κ2) is 3.86. The van der Waals surface area contributed by atoms with E-state index in [-0.39, 0.29) is 6.61 Å². The van der Waals surface area contributed by atoms with Gasteiger partial charge in [0.1, 0.15) is 6.61 Å². The standard InChI is InChI=1S/C9H10O3S3/c1-6-3-8-9(13-6)4-7(14-8)5-12-15(2,10)11/h3-4H,5H2,1-2H3. The van der Waals surface area contributed by atoms with E-state index in [1.807, 2.05) is 6.07 Å². The summed E-state index contributed by atoms with van der Waals surface area (Å²) in [4.78, 5) is 2.22. The molecule has 0 aromatic carbocycles. The van der Waals surface area contributed by atoms with Crippen LogP contribution in [-0.2, 0) is 20.9 Å². The van der Waals surface area contributed by atoms with Crippen molar-refractivity contribution in [2.24, 2.45) is 0 Å². The molecule has 2 aromatic heterocycles. The molecular formula is C9H10O3S3. The lowest BCUT2D eigenvalue weighted by Crippen LogP contribution is -2.01. The van der Waals surface area contributed by atoms with Crippen LogP contribution in [0.4, 0.5) is 0 Å². The molecule has 2 rings (SSSR count). The van der Waals surface area contributed by atoms with Gasteiger partial charge in [0, 0.05) is 19.2 Å². The summed E-state index contributed by atoms with van der Waals surface area (Å²) < 4.78 is 28.7. The van der Waals surface area contributed by atoms with Crippen LogP contribution in [0.3, 0.4) is 0 Å². The Balaban J connectivity index is 2.19. The Kier molecular flexibility index (Phi) is 2.85. The van der Waals surface area contributed by atoms with Gasteiger partial charge in [-0.15, -0.1) is 22.7 Å². The Labute approximate surface area is 96.4 Å². The van der Waals surface area contributed by atoms with Crippen molar-refractivity contribution in [3.63, 3.8) is 0 Å². The van der Waals surface area contributed by atoms with E-state index in [0.29, 0.717) is 0 Å². The number of hydrogen-bond donors (Lipinski definition) is 0. The molecule has 0 amide bonds. The Bertz CT molecular complexity index is 545. The zero-order chi connectivity index (χ0) is 11.1. The highest BCUT2D eigenvalue weighted by atomic mass is 32.2. The summed E-state index contributed by atoms with van der Waals surface area (Å²) in [5, 5.41) is 0. The van der Waals surface area contributed by atoms with E-state index in [1.165, 1.54) is 14.3 Å². The Hall–Kier alpha value is -0.430. The van der Waals surface area contributed by atoms with E-state index in [2.05, 4.69) is 13.0 Å². The van der Waals surface area contributed by atoms with Crippen molar-refractivity contribution < 1.29 is 12.6 Å². The van der Waals surface area contributed by atoms with Gasteiger partial charge in [0.2, 0.25) is 0 Å². The molecule has 82 valence electrons. The molecule has 6 heteroatoms. The SMILES string of the molecule is Cc1cc2sc(COS(C)(=O)=O)cc2s1. The van der Waals surface area contributed by atoms with Gasteiger partial charge in [-0.1, -0.05) is 0 Å². The van der Waals surface area contributed by atoms with Crippen molar-refractivity contribution in [1.29, 1.82) is 0 Å². The van der Waals surface area contributed by atoms with Gasteiger partial charge < -0.3 is 0 Å². The molecule has 0 aliphatic heterocycles. The van der Waals surface area contributed by atoms with Gasteiger partial charge in [0.15, 0.2) is 0 Å². The Morgan fingerprint density at radius 3 is 2.53 bits per heavy atom. The maximum Gasteiger partial charge on any atom is 0.264 e. The fourth-order valence-corrected chi connectivity index (χ4v) is 3.91. The highest BCUT2D eigenvalue weighted by molar-refractivity contribution is 7.85. The average molecular weight is 262 g/mol. The average Bonchev–Trinajstić information content (AvgIpc) is 2.55. The molecule has 0 atom stereocenters. The summed E-state index contributed by atoms with van der Waals surface area (Å²) in [5.74, 6) is 0. The predicted octanol–water partition coefficient (Wildman–Crippen LogP) is 2.75. The second-order valence-corrected chi connectivity index (χ2v) is 7.36. The van der Waals surface area contributed by atoms with E-state index < -0.39 is 10.1 Å². The summed E-state index contributed by atoms with van der Waals surface area (Å²) >= 11 is 3.29. The summed E-state index contributed by atoms with van der Waals surface area (Å²) in [6.07, 6.45) is 1.06. The molecule has 0 saturated heterocycles. The third-order valence-corrected chi connectivity index (χ3v) is 4.52. The van der Waals surface area contributed by atoms with Gasteiger partial charge in [-0.25, -0.2) is 0 Å². The van der Waals surface area contributed by atoms with Crippen molar-refractivity contribution >= 4 is 42.2 Å². The molecule has 0 N–H and O–H groups in total. The molecule has 2 heterocycles. The largest absolute Gasteiger partial charge is 0.265 e. The zero-order valence-electron chi connectivity index (χ0n) is 8.31. The predicted molar refractivity (Wildman–Crippen MR) is 64.1 cm³/mol. The molecule has 0 aliphatic carbocycles. The lowest BCUT2D eigenvalue weighted by Gasteiger charge is -1.96. The van der Waals surface area contributed by atoms with Crippen LogP contribution >= 0.6 is 22.7 Å². The van der Waals surface area contributed by atoms with E-state index in [0.717, 1.165) is 11.1 Å². The van der Waals surface area contributed by atoms with Gasteiger partial charge in [-0.05, 0) is 19.1 Å². The molecular weight excluding hydrogens is 252 g/mol. The van der Waals surface area contributed by atoms with Crippen LogP contribution in [0.25, 0.3) is 9.40 Å². The van der Waals surface area contributed by atoms with Crippen LogP contribution in [0.1, 0.15) is 9.75 Å². The Morgan fingerprint density at radius 2 is 1.93 bits per heavy atom. The van der Waals surface area contributed by atoms with E-state index in [1.54, 1.807) is 22.7 Å². The van der Waals surface area contributed by atoms with Gasteiger partial charge in [-0.3, -0.25) is 4.18 Å². The maximum absolute atomic E-state index is 10.8. The van der Waals surface area contributed by atoms with Crippen molar-refractivity contribution in [3.05, 3.63) is 21.9 Å². The first kappa shape index (κ1) is 11.1. The molecule has 2 aromatic rings. The van der Waals surface area contributed by atoms with E-state index >= 15 is 0 Å². The lowest BCUT2D eigenvalue weighted by atomic mass is 10.4. The van der Waals surface area contributed by atoms with Crippen LogP contribution in [-0.4, -0.2) is 14.7 Å². The molecule has 0 saturated carbocycles. The summed E-state index contributed by atoms with van der Waals surface area (Å²) in [5.41, 5.74) is 0. The minimum absolute atomic E-state index is 0.143. The van der Waals surface area contributed by atoms with Crippen LogP contribution in [0.5, 0.6) is 0 Å². The van der Waals surface area contributed by atoms with Crippen LogP contribution < -0.4 is 0 Å². The van der Waals surface area contributed by atoms with Crippen molar-refractivity contribution in [3.8, 4) is 0 Å². The number of aryl methyl sites for hydroxylation is 1. The topological polar surface area (TPSA) is 43.4 Å². The number of thiophene rings is 2. The molecule has 15 heavy (non-hydrogen) atoms. The van der Waals surface area contributed by atoms with Gasteiger partial charge in [-0.2, -0.15) is 8.42 Å². The second-order valence-electron chi connectivity index (χ2n) is 3.26. The van der Waals surface area contributed by atoms with Crippen molar-refractivity contribution in [1.82, 2.24) is 0 Å². The highest BCUT2D eigenvalue weighted by Crippen LogP contribution is 2.33. The Morgan fingerprint density at radius 1 is 1.27 bits per heavy atom. The van der Waals surface area contributed by atoms with E-state index in [9.17, 15) is 8.42 Å². The van der Waals surface area contributed by atoms with Gasteiger partial charge in [0.25, 0.3) is 10.1 Å². The number of fused-ring (bicyclic) bond motifs is 1. The monoisotopic (exact) mass is 262 g/mol. The van der Waals surface area contributed by atoms with Gasteiger partial charge >= 0.3 is 0 Å². The number of rotatable bonds is 3. The molecule has 0 bridgehead atoms. The third kappa shape index (κ3) is 2.78. The fraction of sp³-hybridized carbons (Fsp3) is 0.333. The quantitative estimate of drug-likeness (QED) is 0.799. The highest BCUT2D eigenvalue weighted by Gasteiger charge is 2.07. The first-order valence-corrected chi connectivity index (χ1v) is 7.72. The summed E-state index contributed by atoms with van der Waals surface area (Å²) in [6.45, 7) is 2.20. The molecule has 0 aliphatic rings. The number of hydrogen-bond acceptors (Lipinski definition) is 5.